The number of hydrogen-bond donors (Lipinski definition) is 1. The van der Waals surface area contributed by atoms with Crippen LogP contribution in [0.4, 0.5) is 0 Å². The molecule has 15 heavy (non-hydrogen) atoms. The molecule has 0 aromatic heterocycles. The monoisotopic (exact) mass is 210 g/mol. The summed E-state index contributed by atoms with van der Waals surface area (Å²) in [5.41, 5.74) is 0.665. The standard InChI is InChI=1S/C13H26N2/c1-13(7-8-13)11-14-9-6-12-5-3-4-10-15(12)2/h12,14H,3-11H2,1-2H3. The van der Waals surface area contributed by atoms with Gasteiger partial charge in [-0.15, -0.1) is 0 Å². The second-order valence-electron chi connectivity index (χ2n) is 5.91. The van der Waals surface area contributed by atoms with Crippen LogP contribution in [0.5, 0.6) is 0 Å². The quantitative estimate of drug-likeness (QED) is 0.700. The number of rotatable bonds is 5. The van der Waals surface area contributed by atoms with Crippen LogP contribution < -0.4 is 5.32 Å². The Bertz CT molecular complexity index is 199. The van der Waals surface area contributed by atoms with E-state index < -0.39 is 0 Å². The van der Waals surface area contributed by atoms with Crippen molar-refractivity contribution < 1.29 is 0 Å². The first-order valence-electron chi connectivity index (χ1n) is 6.61. The lowest BCUT2D eigenvalue weighted by molar-refractivity contribution is 0.175. The summed E-state index contributed by atoms with van der Waals surface area (Å²) >= 11 is 0. The van der Waals surface area contributed by atoms with E-state index in [1.807, 2.05) is 0 Å². The molecule has 0 bridgehead atoms. The minimum atomic E-state index is 0.665. The minimum absolute atomic E-state index is 0.665. The lowest BCUT2D eigenvalue weighted by Crippen LogP contribution is -2.38. The van der Waals surface area contributed by atoms with Gasteiger partial charge in [-0.2, -0.15) is 0 Å². The zero-order chi connectivity index (χ0) is 10.7. The average molecular weight is 210 g/mol. The fourth-order valence-electron chi connectivity index (χ4n) is 2.56. The van der Waals surface area contributed by atoms with Gasteiger partial charge in [0.25, 0.3) is 0 Å². The van der Waals surface area contributed by atoms with E-state index >= 15 is 0 Å². The second kappa shape index (κ2) is 4.84. The van der Waals surface area contributed by atoms with E-state index in [0.717, 1.165) is 6.04 Å². The van der Waals surface area contributed by atoms with Gasteiger partial charge in [-0.3, -0.25) is 0 Å². The largest absolute Gasteiger partial charge is 0.316 e. The molecule has 1 heterocycles. The van der Waals surface area contributed by atoms with Crippen LogP contribution in [-0.4, -0.2) is 37.6 Å². The van der Waals surface area contributed by atoms with Gasteiger partial charge < -0.3 is 10.2 Å². The molecule has 1 atom stereocenters. The third-order valence-electron chi connectivity index (χ3n) is 4.23. The summed E-state index contributed by atoms with van der Waals surface area (Å²) in [6, 6.07) is 0.846. The van der Waals surface area contributed by atoms with Gasteiger partial charge >= 0.3 is 0 Å². The second-order valence-corrected chi connectivity index (χ2v) is 5.91. The molecule has 1 saturated heterocycles. The van der Waals surface area contributed by atoms with Crippen LogP contribution in [-0.2, 0) is 0 Å². The Balaban J connectivity index is 1.56. The molecule has 2 aliphatic rings. The highest BCUT2D eigenvalue weighted by Gasteiger charge is 2.36. The molecule has 2 heteroatoms. The Morgan fingerprint density at radius 2 is 2.13 bits per heavy atom. The van der Waals surface area contributed by atoms with Gasteiger partial charge in [0.2, 0.25) is 0 Å². The van der Waals surface area contributed by atoms with E-state index in [1.54, 1.807) is 0 Å². The third kappa shape index (κ3) is 3.46. The molecule has 1 N–H and O–H groups in total. The number of likely N-dealkylation sites (tertiary alicyclic amines) is 1. The minimum Gasteiger partial charge on any atom is -0.316 e. The lowest BCUT2D eigenvalue weighted by atomic mass is 10.00. The molecule has 2 rings (SSSR count). The van der Waals surface area contributed by atoms with E-state index in [-0.39, 0.29) is 0 Å². The first-order chi connectivity index (χ1) is 7.20. The number of nitrogens with zero attached hydrogens (tertiary/aromatic N) is 1. The van der Waals surface area contributed by atoms with Gasteiger partial charge in [-0.1, -0.05) is 13.3 Å². The predicted molar refractivity (Wildman–Crippen MR) is 65.1 cm³/mol. The smallest absolute Gasteiger partial charge is 0.0104 e. The number of piperidine rings is 1. The van der Waals surface area contributed by atoms with Crippen LogP contribution in [0.2, 0.25) is 0 Å². The zero-order valence-corrected chi connectivity index (χ0v) is 10.4. The van der Waals surface area contributed by atoms with Crippen molar-refractivity contribution in [1.82, 2.24) is 10.2 Å². The molecular weight excluding hydrogens is 184 g/mol. The lowest BCUT2D eigenvalue weighted by Gasteiger charge is -2.32. The fourth-order valence-corrected chi connectivity index (χ4v) is 2.56. The zero-order valence-electron chi connectivity index (χ0n) is 10.4. The molecule has 0 radical (unpaired) electrons. The third-order valence-corrected chi connectivity index (χ3v) is 4.23. The molecule has 0 spiro atoms. The maximum Gasteiger partial charge on any atom is 0.0104 e. The highest BCUT2D eigenvalue weighted by molar-refractivity contribution is 4.90. The Morgan fingerprint density at radius 1 is 1.33 bits per heavy atom. The Labute approximate surface area is 94.4 Å². The molecule has 1 saturated carbocycles. The van der Waals surface area contributed by atoms with Crippen molar-refractivity contribution in [2.45, 2.75) is 51.5 Å². The fraction of sp³-hybridized carbons (Fsp3) is 1.00. The molecule has 2 fully saturated rings. The summed E-state index contributed by atoms with van der Waals surface area (Å²) in [5.74, 6) is 0. The van der Waals surface area contributed by atoms with E-state index in [1.165, 1.54) is 58.2 Å². The summed E-state index contributed by atoms with van der Waals surface area (Å²) in [7, 11) is 2.28. The van der Waals surface area contributed by atoms with Crippen molar-refractivity contribution in [2.75, 3.05) is 26.7 Å². The molecule has 0 amide bonds. The van der Waals surface area contributed by atoms with Crippen molar-refractivity contribution in [3.05, 3.63) is 0 Å². The summed E-state index contributed by atoms with van der Waals surface area (Å²) in [5, 5.41) is 3.63. The van der Waals surface area contributed by atoms with Crippen molar-refractivity contribution in [3.8, 4) is 0 Å². The highest BCUT2D eigenvalue weighted by atomic mass is 15.1. The topological polar surface area (TPSA) is 15.3 Å². The van der Waals surface area contributed by atoms with Crippen LogP contribution >= 0.6 is 0 Å². The normalized spacial score (nSPS) is 30.4. The Morgan fingerprint density at radius 3 is 2.80 bits per heavy atom. The van der Waals surface area contributed by atoms with Crippen molar-refractivity contribution >= 4 is 0 Å². The molecule has 1 aliphatic carbocycles. The maximum absolute atomic E-state index is 3.63. The summed E-state index contributed by atoms with van der Waals surface area (Å²) in [6.45, 7) is 6.16. The molecule has 1 aliphatic heterocycles. The van der Waals surface area contributed by atoms with E-state index in [9.17, 15) is 0 Å². The van der Waals surface area contributed by atoms with Gasteiger partial charge in [-0.25, -0.2) is 0 Å². The van der Waals surface area contributed by atoms with Crippen LogP contribution in [0, 0.1) is 5.41 Å². The molecule has 2 nitrogen and oxygen atoms in total. The first kappa shape index (κ1) is 11.4. The van der Waals surface area contributed by atoms with Gasteiger partial charge in [-0.05, 0) is 57.7 Å². The number of hydrogen-bond acceptors (Lipinski definition) is 2. The predicted octanol–water partition coefficient (Wildman–Crippen LogP) is 2.25. The van der Waals surface area contributed by atoms with Crippen LogP contribution in [0.3, 0.4) is 0 Å². The molecule has 1 unspecified atom stereocenters. The van der Waals surface area contributed by atoms with Crippen LogP contribution in [0.15, 0.2) is 0 Å². The molecule has 0 aromatic carbocycles. The van der Waals surface area contributed by atoms with Crippen molar-refractivity contribution in [2.24, 2.45) is 5.41 Å². The highest BCUT2D eigenvalue weighted by Crippen LogP contribution is 2.43. The van der Waals surface area contributed by atoms with Gasteiger partial charge in [0.05, 0.1) is 0 Å². The van der Waals surface area contributed by atoms with Crippen LogP contribution in [0.1, 0.15) is 45.4 Å². The molecule has 88 valence electrons. The van der Waals surface area contributed by atoms with Crippen LogP contribution in [0.25, 0.3) is 0 Å². The summed E-state index contributed by atoms with van der Waals surface area (Å²) in [6.07, 6.45) is 8.46. The van der Waals surface area contributed by atoms with E-state index in [4.69, 9.17) is 0 Å². The SMILES string of the molecule is CN1CCCCC1CCNCC1(C)CC1. The maximum atomic E-state index is 3.63. The first-order valence-corrected chi connectivity index (χ1v) is 6.61. The Kier molecular flexibility index (Phi) is 3.68. The van der Waals surface area contributed by atoms with Crippen molar-refractivity contribution in [1.29, 1.82) is 0 Å². The summed E-state index contributed by atoms with van der Waals surface area (Å²) in [4.78, 5) is 2.55. The van der Waals surface area contributed by atoms with Crippen molar-refractivity contribution in [3.63, 3.8) is 0 Å². The average Bonchev–Trinajstić information content (AvgIpc) is 2.94. The summed E-state index contributed by atoms with van der Waals surface area (Å²) < 4.78 is 0. The van der Waals surface area contributed by atoms with Gasteiger partial charge in [0.15, 0.2) is 0 Å². The van der Waals surface area contributed by atoms with Gasteiger partial charge in [0.1, 0.15) is 0 Å². The van der Waals surface area contributed by atoms with E-state index in [2.05, 4.69) is 24.2 Å². The molecular formula is C13H26N2. The van der Waals surface area contributed by atoms with Gasteiger partial charge in [0, 0.05) is 12.6 Å². The van der Waals surface area contributed by atoms with E-state index in [0.29, 0.717) is 5.41 Å². The Hall–Kier alpha value is -0.0800. The number of nitrogens with one attached hydrogen (secondary N) is 1. The molecule has 0 aromatic rings.